The lowest BCUT2D eigenvalue weighted by Gasteiger charge is -2.62. The Kier molecular flexibility index (Phi) is 8.17. The molecule has 3 atom stereocenters. The zero-order valence-corrected chi connectivity index (χ0v) is 32.4. The second-order valence-corrected chi connectivity index (χ2v) is 17.3. The maximum Gasteiger partial charge on any atom is 0.0998 e. The Hall–Kier alpha value is -6.74. The van der Waals surface area contributed by atoms with Crippen LogP contribution in [0, 0.1) is 40.4 Å². The van der Waals surface area contributed by atoms with Crippen LogP contribution < -0.4 is 0 Å². The van der Waals surface area contributed by atoms with Crippen LogP contribution in [-0.4, -0.2) is 0 Å². The Morgan fingerprint density at radius 2 is 1.05 bits per heavy atom. The van der Waals surface area contributed by atoms with E-state index in [-0.39, 0.29) is 5.41 Å². The highest BCUT2D eigenvalue weighted by atomic mass is 14.6. The van der Waals surface area contributed by atoms with Gasteiger partial charge in [0, 0.05) is 10.8 Å². The molecular weight excluding hydrogens is 701 g/mol. The van der Waals surface area contributed by atoms with E-state index < -0.39 is 0 Å². The maximum absolute atomic E-state index is 9.74. The van der Waals surface area contributed by atoms with Gasteiger partial charge in [0.2, 0.25) is 0 Å². The molecule has 0 N–H and O–H groups in total. The highest BCUT2D eigenvalue weighted by Gasteiger charge is 2.57. The van der Waals surface area contributed by atoms with E-state index in [0.29, 0.717) is 17.4 Å². The van der Waals surface area contributed by atoms with Crippen molar-refractivity contribution >= 4 is 21.5 Å². The zero-order chi connectivity index (χ0) is 38.8. The van der Waals surface area contributed by atoms with Crippen molar-refractivity contribution in [2.75, 3.05) is 0 Å². The molecule has 8 aromatic rings. The summed E-state index contributed by atoms with van der Waals surface area (Å²) in [7, 11) is 0. The van der Waals surface area contributed by atoms with Crippen LogP contribution in [0.15, 0.2) is 170 Å². The van der Waals surface area contributed by atoms with Crippen LogP contribution in [0.4, 0.5) is 0 Å². The topological polar surface area (TPSA) is 47.6 Å². The van der Waals surface area contributed by atoms with E-state index in [4.69, 9.17) is 0 Å². The van der Waals surface area contributed by atoms with E-state index in [1.54, 1.807) is 0 Å². The molecule has 4 aliphatic rings. The Morgan fingerprint density at radius 1 is 0.448 bits per heavy atom. The minimum absolute atomic E-state index is 0.141. The summed E-state index contributed by atoms with van der Waals surface area (Å²) in [6.45, 7) is 0. The Morgan fingerprint density at radius 3 is 1.74 bits per heavy atom. The first-order chi connectivity index (χ1) is 28.5. The quantitative estimate of drug-likeness (QED) is 0.170. The second kappa shape index (κ2) is 13.7. The summed E-state index contributed by atoms with van der Waals surface area (Å²) in [5.74, 6) is 2.85. The standard InChI is InChI=1S/C56H42N2/c57-34-36-12-14-40(15-13-36)48-29-47(39-6-2-1-3-7-39)30-49(31-48)41-20-22-51(23-21-41)56-32-37-24-38(33-56)26-50(25-37)55(56)45-19-17-42-27-44(18-16-43(42)28-45)52-9-5-10-53-46(35-58)8-4-11-54(52)53/h1-23,27-31,37-38,50,55H,24-26,32-33H2. The molecule has 12 rings (SSSR count). The third-order valence-corrected chi connectivity index (χ3v) is 14.1. The molecule has 0 heterocycles. The lowest BCUT2D eigenvalue weighted by Crippen LogP contribution is -2.53. The molecule has 0 saturated heterocycles. The number of hydrogen-bond donors (Lipinski definition) is 0. The average Bonchev–Trinajstić information content (AvgIpc) is 3.28. The third-order valence-electron chi connectivity index (χ3n) is 14.1. The van der Waals surface area contributed by atoms with Crippen molar-refractivity contribution in [3.05, 3.63) is 192 Å². The minimum Gasteiger partial charge on any atom is -0.192 e. The molecule has 4 bridgehead atoms. The number of hydrogen-bond acceptors (Lipinski definition) is 2. The predicted molar refractivity (Wildman–Crippen MR) is 237 cm³/mol. The smallest absolute Gasteiger partial charge is 0.0998 e. The van der Waals surface area contributed by atoms with Gasteiger partial charge in [0.15, 0.2) is 0 Å². The van der Waals surface area contributed by atoms with E-state index in [1.165, 1.54) is 87.4 Å². The van der Waals surface area contributed by atoms with Crippen molar-refractivity contribution in [3.8, 4) is 56.6 Å². The van der Waals surface area contributed by atoms with Crippen LogP contribution in [-0.2, 0) is 5.41 Å². The number of fused-ring (bicyclic) bond motifs is 2. The van der Waals surface area contributed by atoms with Gasteiger partial charge >= 0.3 is 0 Å². The third kappa shape index (κ3) is 5.75. The first-order valence-electron chi connectivity index (χ1n) is 20.8. The van der Waals surface area contributed by atoms with Crippen molar-refractivity contribution in [2.45, 2.75) is 43.4 Å². The fourth-order valence-electron chi connectivity index (χ4n) is 11.8. The van der Waals surface area contributed by atoms with E-state index in [9.17, 15) is 10.5 Å². The Bertz CT molecular complexity index is 2950. The lowest BCUT2D eigenvalue weighted by molar-refractivity contribution is -0.0280. The molecule has 4 fully saturated rings. The van der Waals surface area contributed by atoms with Crippen molar-refractivity contribution in [1.82, 2.24) is 0 Å². The van der Waals surface area contributed by atoms with Gasteiger partial charge in [-0.3, -0.25) is 0 Å². The van der Waals surface area contributed by atoms with Crippen LogP contribution in [0.2, 0.25) is 0 Å². The first-order valence-corrected chi connectivity index (χ1v) is 20.8. The lowest BCUT2D eigenvalue weighted by atomic mass is 9.42. The highest BCUT2D eigenvalue weighted by Crippen LogP contribution is 2.66. The first kappa shape index (κ1) is 34.5. The summed E-state index contributed by atoms with van der Waals surface area (Å²) in [4.78, 5) is 0. The summed E-state index contributed by atoms with van der Waals surface area (Å²) in [6.07, 6.45) is 6.67. The zero-order valence-electron chi connectivity index (χ0n) is 32.4. The normalized spacial score (nSPS) is 21.8. The number of nitriles is 2. The highest BCUT2D eigenvalue weighted by molar-refractivity contribution is 6.01. The van der Waals surface area contributed by atoms with Gasteiger partial charge in [0.1, 0.15) is 0 Å². The van der Waals surface area contributed by atoms with Crippen LogP contribution in [0.3, 0.4) is 0 Å². The van der Waals surface area contributed by atoms with Gasteiger partial charge in [-0.05, 0) is 170 Å². The summed E-state index contributed by atoms with van der Waals surface area (Å²) in [5, 5.41) is 23.9. The maximum atomic E-state index is 9.74. The number of nitrogens with zero attached hydrogens (tertiary/aromatic N) is 2. The van der Waals surface area contributed by atoms with Crippen LogP contribution >= 0.6 is 0 Å². The van der Waals surface area contributed by atoms with Gasteiger partial charge in [-0.1, -0.05) is 127 Å². The molecule has 2 nitrogen and oxygen atoms in total. The molecule has 58 heavy (non-hydrogen) atoms. The summed E-state index contributed by atoms with van der Waals surface area (Å²) in [6, 6.07) is 66.4. The van der Waals surface area contributed by atoms with Gasteiger partial charge in [-0.25, -0.2) is 0 Å². The van der Waals surface area contributed by atoms with Gasteiger partial charge in [-0.15, -0.1) is 0 Å². The molecule has 0 aliphatic heterocycles. The molecule has 3 unspecified atom stereocenters. The fourth-order valence-corrected chi connectivity index (χ4v) is 11.8. The summed E-state index contributed by atoms with van der Waals surface area (Å²) in [5.41, 5.74) is 14.0. The molecule has 0 amide bonds. The molecule has 2 heteroatoms. The van der Waals surface area contributed by atoms with E-state index in [0.717, 1.165) is 39.3 Å². The molecule has 8 aromatic carbocycles. The Labute approximate surface area is 340 Å². The van der Waals surface area contributed by atoms with Crippen molar-refractivity contribution in [2.24, 2.45) is 17.8 Å². The molecule has 4 saturated carbocycles. The van der Waals surface area contributed by atoms with Gasteiger partial charge < -0.3 is 0 Å². The molecule has 0 spiro atoms. The SMILES string of the molecule is N#Cc1ccc(-c2cc(-c3ccccc3)cc(-c3ccc(C45CC6CC(CC(C6)C4c4ccc6cc(-c7cccc8c(C#N)cccc78)ccc6c4)C5)cc3)c2)cc1. The van der Waals surface area contributed by atoms with Crippen LogP contribution in [0.5, 0.6) is 0 Å². The van der Waals surface area contributed by atoms with Gasteiger partial charge in [-0.2, -0.15) is 10.5 Å². The van der Waals surface area contributed by atoms with E-state index in [2.05, 4.69) is 158 Å². The molecule has 276 valence electrons. The molecular formula is C56H42N2. The molecule has 0 radical (unpaired) electrons. The monoisotopic (exact) mass is 742 g/mol. The van der Waals surface area contributed by atoms with Gasteiger partial charge in [0.25, 0.3) is 0 Å². The second-order valence-electron chi connectivity index (χ2n) is 17.3. The van der Waals surface area contributed by atoms with Crippen molar-refractivity contribution in [1.29, 1.82) is 10.5 Å². The van der Waals surface area contributed by atoms with Crippen LogP contribution in [0.1, 0.15) is 60.3 Å². The van der Waals surface area contributed by atoms with Gasteiger partial charge in [0.05, 0.1) is 23.3 Å². The predicted octanol–water partition coefficient (Wildman–Crippen LogP) is 14.3. The number of rotatable bonds is 6. The summed E-state index contributed by atoms with van der Waals surface area (Å²) >= 11 is 0. The van der Waals surface area contributed by atoms with Crippen LogP contribution in [0.25, 0.3) is 66.1 Å². The van der Waals surface area contributed by atoms with Crippen molar-refractivity contribution in [3.63, 3.8) is 0 Å². The molecule has 0 aromatic heterocycles. The number of benzene rings is 8. The minimum atomic E-state index is 0.141. The van der Waals surface area contributed by atoms with E-state index in [1.807, 2.05) is 24.3 Å². The fraction of sp³-hybridized carbons (Fsp3) is 0.179. The largest absolute Gasteiger partial charge is 0.192 e. The Balaban J connectivity index is 0.960. The summed E-state index contributed by atoms with van der Waals surface area (Å²) < 4.78 is 0. The molecule has 4 aliphatic carbocycles. The van der Waals surface area contributed by atoms with E-state index >= 15 is 0 Å². The average molecular weight is 743 g/mol. The van der Waals surface area contributed by atoms with Crippen molar-refractivity contribution < 1.29 is 0 Å².